The van der Waals surface area contributed by atoms with Gasteiger partial charge in [0.15, 0.2) is 0 Å². The van der Waals surface area contributed by atoms with E-state index in [0.29, 0.717) is 5.92 Å². The molecule has 1 saturated heterocycles. The SMILES string of the molecule is ClCC1CCN(Cc2ccncc2Cl)CC1. The molecule has 0 radical (unpaired) electrons. The van der Waals surface area contributed by atoms with E-state index in [-0.39, 0.29) is 0 Å². The molecule has 0 spiro atoms. The standard InChI is InChI=1S/C12H16Cl2N2/c13-7-10-2-5-16(6-3-10)9-11-1-4-15-8-12(11)14/h1,4,8,10H,2-3,5-7,9H2. The molecule has 1 fully saturated rings. The molecule has 0 aromatic carbocycles. The Morgan fingerprint density at radius 2 is 2.12 bits per heavy atom. The molecule has 1 aromatic rings. The summed E-state index contributed by atoms with van der Waals surface area (Å²) in [5.74, 6) is 1.50. The van der Waals surface area contributed by atoms with Crippen LogP contribution >= 0.6 is 23.2 Å². The van der Waals surface area contributed by atoms with E-state index in [0.717, 1.165) is 30.5 Å². The summed E-state index contributed by atoms with van der Waals surface area (Å²) >= 11 is 12.0. The Morgan fingerprint density at radius 3 is 2.75 bits per heavy atom. The maximum atomic E-state index is 6.09. The number of rotatable bonds is 3. The molecule has 0 aliphatic carbocycles. The quantitative estimate of drug-likeness (QED) is 0.775. The number of alkyl halides is 1. The monoisotopic (exact) mass is 258 g/mol. The summed E-state index contributed by atoms with van der Waals surface area (Å²) in [4.78, 5) is 6.43. The lowest BCUT2D eigenvalue weighted by atomic mass is 9.99. The van der Waals surface area contributed by atoms with Crippen molar-refractivity contribution >= 4 is 23.2 Å². The lowest BCUT2D eigenvalue weighted by Crippen LogP contribution is -2.33. The summed E-state index contributed by atoms with van der Waals surface area (Å²) in [5.41, 5.74) is 1.17. The second-order valence-electron chi connectivity index (χ2n) is 4.34. The smallest absolute Gasteiger partial charge is 0.0634 e. The molecular formula is C12H16Cl2N2. The molecule has 2 heterocycles. The molecule has 1 aliphatic heterocycles. The molecule has 2 rings (SSSR count). The van der Waals surface area contributed by atoms with Gasteiger partial charge in [-0.05, 0) is 43.5 Å². The fourth-order valence-corrected chi connectivity index (χ4v) is 2.56. The number of hydrogen-bond donors (Lipinski definition) is 0. The van der Waals surface area contributed by atoms with Crippen LogP contribution in [0.5, 0.6) is 0 Å². The maximum Gasteiger partial charge on any atom is 0.0634 e. The minimum Gasteiger partial charge on any atom is -0.299 e. The number of halogens is 2. The molecule has 0 amide bonds. The highest BCUT2D eigenvalue weighted by atomic mass is 35.5. The van der Waals surface area contributed by atoms with Gasteiger partial charge in [0.05, 0.1) is 5.02 Å². The largest absolute Gasteiger partial charge is 0.299 e. The summed E-state index contributed by atoms with van der Waals surface area (Å²) in [6, 6.07) is 2.00. The maximum absolute atomic E-state index is 6.09. The van der Waals surface area contributed by atoms with Crippen LogP contribution in [-0.2, 0) is 6.54 Å². The molecule has 16 heavy (non-hydrogen) atoms. The van der Waals surface area contributed by atoms with Gasteiger partial charge in [0, 0.05) is 24.8 Å². The van der Waals surface area contributed by atoms with E-state index in [1.807, 2.05) is 6.07 Å². The van der Waals surface area contributed by atoms with Crippen molar-refractivity contribution in [3.8, 4) is 0 Å². The average Bonchev–Trinajstić information content (AvgIpc) is 2.33. The highest BCUT2D eigenvalue weighted by Gasteiger charge is 2.18. The van der Waals surface area contributed by atoms with E-state index in [1.54, 1.807) is 12.4 Å². The Balaban J connectivity index is 1.89. The Morgan fingerprint density at radius 1 is 1.38 bits per heavy atom. The Bertz CT molecular complexity index is 336. The molecular weight excluding hydrogens is 243 g/mol. The van der Waals surface area contributed by atoms with Gasteiger partial charge >= 0.3 is 0 Å². The van der Waals surface area contributed by atoms with Crippen molar-refractivity contribution in [2.24, 2.45) is 5.92 Å². The molecule has 0 atom stereocenters. The third-order valence-electron chi connectivity index (χ3n) is 3.18. The zero-order valence-electron chi connectivity index (χ0n) is 9.20. The van der Waals surface area contributed by atoms with Crippen LogP contribution < -0.4 is 0 Å². The van der Waals surface area contributed by atoms with Crippen LogP contribution in [0.3, 0.4) is 0 Å². The topological polar surface area (TPSA) is 16.1 Å². The zero-order chi connectivity index (χ0) is 11.4. The third kappa shape index (κ3) is 3.09. The van der Waals surface area contributed by atoms with Crippen LogP contribution in [0, 0.1) is 5.92 Å². The Labute approximate surface area is 107 Å². The number of likely N-dealkylation sites (tertiary alicyclic amines) is 1. The molecule has 2 nitrogen and oxygen atoms in total. The van der Waals surface area contributed by atoms with Gasteiger partial charge in [0.25, 0.3) is 0 Å². The Hall–Kier alpha value is -0.310. The summed E-state index contributed by atoms with van der Waals surface area (Å²) in [7, 11) is 0. The van der Waals surface area contributed by atoms with Crippen LogP contribution in [0.25, 0.3) is 0 Å². The van der Waals surface area contributed by atoms with Gasteiger partial charge in [-0.15, -0.1) is 11.6 Å². The van der Waals surface area contributed by atoms with Crippen molar-refractivity contribution in [3.05, 3.63) is 29.0 Å². The molecule has 4 heteroatoms. The van der Waals surface area contributed by atoms with Gasteiger partial charge in [-0.3, -0.25) is 9.88 Å². The first-order valence-electron chi connectivity index (χ1n) is 5.66. The third-order valence-corrected chi connectivity index (χ3v) is 3.95. The highest BCUT2D eigenvalue weighted by Crippen LogP contribution is 2.22. The van der Waals surface area contributed by atoms with E-state index in [1.165, 1.54) is 18.4 Å². The number of piperidine rings is 1. The highest BCUT2D eigenvalue weighted by molar-refractivity contribution is 6.31. The molecule has 0 bridgehead atoms. The second kappa shape index (κ2) is 5.85. The second-order valence-corrected chi connectivity index (χ2v) is 5.06. The predicted molar refractivity (Wildman–Crippen MR) is 68.0 cm³/mol. The van der Waals surface area contributed by atoms with Gasteiger partial charge in [0.2, 0.25) is 0 Å². The van der Waals surface area contributed by atoms with Crippen LogP contribution in [-0.4, -0.2) is 28.9 Å². The lowest BCUT2D eigenvalue weighted by Gasteiger charge is -2.31. The van der Waals surface area contributed by atoms with Crippen molar-refractivity contribution in [1.29, 1.82) is 0 Å². The summed E-state index contributed by atoms with van der Waals surface area (Å²) in [6.45, 7) is 3.17. The van der Waals surface area contributed by atoms with E-state index >= 15 is 0 Å². The Kier molecular flexibility index (Phi) is 4.45. The first kappa shape index (κ1) is 12.2. The fourth-order valence-electron chi connectivity index (χ4n) is 2.07. The average molecular weight is 259 g/mol. The summed E-state index contributed by atoms with van der Waals surface area (Å²) in [6.07, 6.45) is 5.91. The van der Waals surface area contributed by atoms with E-state index in [2.05, 4.69) is 9.88 Å². The van der Waals surface area contributed by atoms with E-state index in [9.17, 15) is 0 Å². The van der Waals surface area contributed by atoms with Crippen molar-refractivity contribution in [1.82, 2.24) is 9.88 Å². The minimum absolute atomic E-state index is 0.700. The molecule has 0 saturated carbocycles. The molecule has 1 aliphatic rings. The van der Waals surface area contributed by atoms with Gasteiger partial charge in [0.1, 0.15) is 0 Å². The van der Waals surface area contributed by atoms with E-state index < -0.39 is 0 Å². The normalized spacial score (nSPS) is 18.9. The number of pyridine rings is 1. The number of nitrogens with zero attached hydrogens (tertiary/aromatic N) is 2. The number of hydrogen-bond acceptors (Lipinski definition) is 2. The lowest BCUT2D eigenvalue weighted by molar-refractivity contribution is 0.186. The van der Waals surface area contributed by atoms with Crippen LogP contribution in [0.1, 0.15) is 18.4 Å². The molecule has 0 N–H and O–H groups in total. The first-order chi connectivity index (χ1) is 7.79. The first-order valence-corrected chi connectivity index (χ1v) is 6.57. The minimum atomic E-state index is 0.700. The predicted octanol–water partition coefficient (Wildman–Crippen LogP) is 3.19. The van der Waals surface area contributed by atoms with Gasteiger partial charge in [-0.1, -0.05) is 11.6 Å². The summed E-state index contributed by atoms with van der Waals surface area (Å²) < 4.78 is 0. The zero-order valence-corrected chi connectivity index (χ0v) is 10.7. The van der Waals surface area contributed by atoms with Crippen LogP contribution in [0.4, 0.5) is 0 Å². The van der Waals surface area contributed by atoms with E-state index in [4.69, 9.17) is 23.2 Å². The van der Waals surface area contributed by atoms with Crippen LogP contribution in [0.2, 0.25) is 5.02 Å². The molecule has 88 valence electrons. The van der Waals surface area contributed by atoms with Gasteiger partial charge < -0.3 is 0 Å². The summed E-state index contributed by atoms with van der Waals surface area (Å²) in [5, 5.41) is 0.766. The van der Waals surface area contributed by atoms with Crippen molar-refractivity contribution < 1.29 is 0 Å². The van der Waals surface area contributed by atoms with Crippen molar-refractivity contribution in [2.45, 2.75) is 19.4 Å². The molecule has 0 unspecified atom stereocenters. The van der Waals surface area contributed by atoms with Gasteiger partial charge in [-0.2, -0.15) is 0 Å². The van der Waals surface area contributed by atoms with Gasteiger partial charge in [-0.25, -0.2) is 0 Å². The van der Waals surface area contributed by atoms with Crippen molar-refractivity contribution in [2.75, 3.05) is 19.0 Å². The molecule has 1 aromatic heterocycles. The fraction of sp³-hybridized carbons (Fsp3) is 0.583. The number of aromatic nitrogens is 1. The van der Waals surface area contributed by atoms with Crippen LogP contribution in [0.15, 0.2) is 18.5 Å². The van der Waals surface area contributed by atoms with Crippen molar-refractivity contribution in [3.63, 3.8) is 0 Å².